The molecular weight excluding hydrogens is 296 g/mol. The lowest BCUT2D eigenvalue weighted by atomic mass is 10.0. The predicted octanol–water partition coefficient (Wildman–Crippen LogP) is 3.20. The molecule has 1 aliphatic rings. The maximum atomic E-state index is 12.0. The van der Waals surface area contributed by atoms with E-state index >= 15 is 0 Å². The van der Waals surface area contributed by atoms with E-state index < -0.39 is 11.7 Å². The molecule has 0 radical (unpaired) electrons. The molecule has 23 heavy (non-hydrogen) atoms. The van der Waals surface area contributed by atoms with Crippen molar-refractivity contribution in [3.8, 4) is 11.5 Å². The van der Waals surface area contributed by atoms with E-state index in [2.05, 4.69) is 19.2 Å². The number of carbonyl (C=O) groups is 1. The van der Waals surface area contributed by atoms with Gasteiger partial charge in [0.1, 0.15) is 5.60 Å². The fraction of sp³-hybridized carbons (Fsp3) is 0.588. The monoisotopic (exact) mass is 322 g/mol. The van der Waals surface area contributed by atoms with Gasteiger partial charge in [0, 0.05) is 12.0 Å². The average molecular weight is 322 g/mol. The Hall–Kier alpha value is -1.95. The van der Waals surface area contributed by atoms with E-state index in [0.29, 0.717) is 5.75 Å². The minimum atomic E-state index is -0.633. The van der Waals surface area contributed by atoms with Crippen molar-refractivity contribution in [1.82, 2.24) is 0 Å². The van der Waals surface area contributed by atoms with Gasteiger partial charge in [-0.3, -0.25) is 5.32 Å². The second-order valence-electron chi connectivity index (χ2n) is 7.57. The third-order valence-corrected chi connectivity index (χ3v) is 4.22. The maximum absolute atomic E-state index is 12.0. The van der Waals surface area contributed by atoms with E-state index in [1.165, 1.54) is 7.11 Å². The Balaban J connectivity index is 2.30. The Labute approximate surface area is 137 Å². The summed E-state index contributed by atoms with van der Waals surface area (Å²) in [6, 6.07) is 3.52. The molecule has 128 valence electrons. The summed E-state index contributed by atoms with van der Waals surface area (Å²) in [4.78, 5) is 12.0. The lowest BCUT2D eigenvalue weighted by Crippen LogP contribution is -2.27. The summed E-state index contributed by atoms with van der Waals surface area (Å²) in [5.41, 5.74) is 6.65. The van der Waals surface area contributed by atoms with Crippen molar-refractivity contribution in [3.05, 3.63) is 17.7 Å². The van der Waals surface area contributed by atoms with Crippen LogP contribution in [0, 0.1) is 5.41 Å². The second kappa shape index (κ2) is 5.60. The molecule has 1 aliphatic carbocycles. The lowest BCUT2D eigenvalue weighted by Gasteiger charge is -2.20. The SMILES string of the molecule is COc1cc([C@H]2[C@H](N)C2(C)C)cc(NC(=O)OC(C)(C)C)c1O. The molecule has 0 spiro atoms. The molecule has 0 heterocycles. The van der Waals surface area contributed by atoms with Crippen LogP contribution in [-0.4, -0.2) is 30.0 Å². The third-order valence-electron chi connectivity index (χ3n) is 4.22. The summed E-state index contributed by atoms with van der Waals surface area (Å²) in [6.45, 7) is 9.49. The molecule has 4 N–H and O–H groups in total. The van der Waals surface area contributed by atoms with Gasteiger partial charge in [0.25, 0.3) is 0 Å². The minimum absolute atomic E-state index is 0.0226. The van der Waals surface area contributed by atoms with Gasteiger partial charge in [0.05, 0.1) is 12.8 Å². The van der Waals surface area contributed by atoms with Crippen LogP contribution in [0.25, 0.3) is 0 Å². The summed E-state index contributed by atoms with van der Waals surface area (Å²) in [5.74, 6) is 0.314. The van der Waals surface area contributed by atoms with Crippen LogP contribution in [0.1, 0.15) is 46.1 Å². The molecule has 1 fully saturated rings. The number of ether oxygens (including phenoxy) is 2. The standard InChI is InChI=1S/C17H26N2O4/c1-16(2,3)23-15(21)19-10-7-9(8-11(22-6)13(10)20)12-14(18)17(12,4)5/h7-8,12,14,20H,18H2,1-6H3,(H,19,21)/t12-,14-/m0/s1. The molecule has 6 heteroatoms. The molecule has 1 saturated carbocycles. The first-order valence-electron chi connectivity index (χ1n) is 7.64. The quantitative estimate of drug-likeness (QED) is 0.743. The van der Waals surface area contributed by atoms with E-state index in [1.807, 2.05) is 0 Å². The number of hydrogen-bond acceptors (Lipinski definition) is 5. The number of aromatic hydroxyl groups is 1. The van der Waals surface area contributed by atoms with Crippen LogP contribution in [0.4, 0.5) is 10.5 Å². The molecule has 0 unspecified atom stereocenters. The summed E-state index contributed by atoms with van der Waals surface area (Å²) in [5, 5.41) is 12.8. The van der Waals surface area contributed by atoms with Crippen molar-refractivity contribution in [1.29, 1.82) is 0 Å². The van der Waals surface area contributed by atoms with Crippen LogP contribution in [0.15, 0.2) is 12.1 Å². The molecule has 0 aromatic heterocycles. The number of carbonyl (C=O) groups excluding carboxylic acids is 1. The molecular formula is C17H26N2O4. The van der Waals surface area contributed by atoms with Gasteiger partial charge < -0.3 is 20.3 Å². The zero-order valence-corrected chi connectivity index (χ0v) is 14.6. The number of methoxy groups -OCH3 is 1. The fourth-order valence-electron chi connectivity index (χ4n) is 2.79. The Kier molecular flexibility index (Phi) is 4.24. The molecule has 1 aromatic carbocycles. The third kappa shape index (κ3) is 3.52. The Morgan fingerprint density at radius 3 is 2.35 bits per heavy atom. The number of nitrogens with one attached hydrogen (secondary N) is 1. The zero-order valence-electron chi connectivity index (χ0n) is 14.6. The Morgan fingerprint density at radius 2 is 1.91 bits per heavy atom. The number of rotatable bonds is 3. The normalized spacial score (nSPS) is 22.4. The summed E-state index contributed by atoms with van der Waals surface area (Å²) >= 11 is 0. The van der Waals surface area contributed by atoms with Crippen LogP contribution in [0.2, 0.25) is 0 Å². The number of anilines is 1. The first-order valence-corrected chi connectivity index (χ1v) is 7.64. The Morgan fingerprint density at radius 1 is 1.35 bits per heavy atom. The van der Waals surface area contributed by atoms with Gasteiger partial charge >= 0.3 is 6.09 Å². The number of nitrogens with two attached hydrogens (primary N) is 1. The van der Waals surface area contributed by atoms with Gasteiger partial charge in [0.15, 0.2) is 11.5 Å². The highest BCUT2D eigenvalue weighted by molar-refractivity contribution is 5.88. The first kappa shape index (κ1) is 17.4. The molecule has 1 amide bonds. The first-order chi connectivity index (χ1) is 10.5. The topological polar surface area (TPSA) is 93.8 Å². The van der Waals surface area contributed by atoms with E-state index in [1.54, 1.807) is 32.9 Å². The molecule has 1 aromatic rings. The predicted molar refractivity (Wildman–Crippen MR) is 89.0 cm³/mol. The van der Waals surface area contributed by atoms with E-state index in [-0.39, 0.29) is 28.8 Å². The highest BCUT2D eigenvalue weighted by Crippen LogP contribution is 2.58. The highest BCUT2D eigenvalue weighted by Gasteiger charge is 2.56. The van der Waals surface area contributed by atoms with Crippen molar-refractivity contribution in [2.75, 3.05) is 12.4 Å². The summed E-state index contributed by atoms with van der Waals surface area (Å²) in [7, 11) is 1.47. The number of hydrogen-bond donors (Lipinski definition) is 3. The second-order valence-corrected chi connectivity index (χ2v) is 7.57. The van der Waals surface area contributed by atoms with Crippen molar-refractivity contribution >= 4 is 11.8 Å². The van der Waals surface area contributed by atoms with Crippen molar-refractivity contribution < 1.29 is 19.4 Å². The number of phenols is 1. The van der Waals surface area contributed by atoms with Gasteiger partial charge in [-0.2, -0.15) is 0 Å². The average Bonchev–Trinajstić information content (AvgIpc) is 2.89. The van der Waals surface area contributed by atoms with Crippen LogP contribution in [0.5, 0.6) is 11.5 Å². The van der Waals surface area contributed by atoms with Gasteiger partial charge in [-0.15, -0.1) is 0 Å². The number of phenolic OH excluding ortho intramolecular Hbond substituents is 1. The summed E-state index contributed by atoms with van der Waals surface area (Å²) < 4.78 is 10.4. The lowest BCUT2D eigenvalue weighted by molar-refractivity contribution is 0.0635. The Bertz CT molecular complexity index is 620. The van der Waals surface area contributed by atoms with Gasteiger partial charge in [-0.25, -0.2) is 4.79 Å². The number of amides is 1. The molecule has 2 atom stereocenters. The van der Waals surface area contributed by atoms with Crippen LogP contribution in [-0.2, 0) is 4.74 Å². The van der Waals surface area contributed by atoms with Gasteiger partial charge in [-0.05, 0) is 43.9 Å². The van der Waals surface area contributed by atoms with Crippen LogP contribution < -0.4 is 15.8 Å². The smallest absolute Gasteiger partial charge is 0.412 e. The summed E-state index contributed by atoms with van der Waals surface area (Å²) in [6.07, 6.45) is -0.633. The molecule has 0 bridgehead atoms. The fourth-order valence-corrected chi connectivity index (χ4v) is 2.79. The van der Waals surface area contributed by atoms with Gasteiger partial charge in [0.2, 0.25) is 0 Å². The molecule has 2 rings (SSSR count). The van der Waals surface area contributed by atoms with Crippen molar-refractivity contribution in [2.45, 2.75) is 52.2 Å². The molecule has 0 aliphatic heterocycles. The van der Waals surface area contributed by atoms with Crippen LogP contribution in [0.3, 0.4) is 0 Å². The largest absolute Gasteiger partial charge is 0.503 e. The van der Waals surface area contributed by atoms with E-state index in [4.69, 9.17) is 15.2 Å². The molecule has 6 nitrogen and oxygen atoms in total. The van der Waals surface area contributed by atoms with Crippen molar-refractivity contribution in [3.63, 3.8) is 0 Å². The zero-order chi connectivity index (χ0) is 17.6. The van der Waals surface area contributed by atoms with Crippen LogP contribution >= 0.6 is 0 Å². The minimum Gasteiger partial charge on any atom is -0.503 e. The van der Waals surface area contributed by atoms with Crippen molar-refractivity contribution in [2.24, 2.45) is 11.1 Å². The molecule has 0 saturated heterocycles. The van der Waals surface area contributed by atoms with E-state index in [0.717, 1.165) is 5.56 Å². The maximum Gasteiger partial charge on any atom is 0.412 e. The van der Waals surface area contributed by atoms with E-state index in [9.17, 15) is 9.90 Å². The van der Waals surface area contributed by atoms with Gasteiger partial charge in [-0.1, -0.05) is 13.8 Å². The highest BCUT2D eigenvalue weighted by atomic mass is 16.6. The number of benzene rings is 1.